The molecule has 1 aromatic heterocycles. The van der Waals surface area contributed by atoms with E-state index in [4.69, 9.17) is 4.74 Å². The molecule has 0 aliphatic heterocycles. The van der Waals surface area contributed by atoms with Gasteiger partial charge in [0.1, 0.15) is 0 Å². The molecule has 0 saturated carbocycles. The van der Waals surface area contributed by atoms with Gasteiger partial charge in [-0.3, -0.25) is 4.79 Å². The van der Waals surface area contributed by atoms with Gasteiger partial charge in [0.15, 0.2) is 0 Å². The van der Waals surface area contributed by atoms with Gasteiger partial charge in [0, 0.05) is 37.2 Å². The standard InChI is InChI=1S/C22H26N2O2/c1-26-14-13-23-22(25)15-18(12-11-17-7-3-2-4-8-17)20-16-24-21-10-6-5-9-19(20)21/h2-10,16,18,24H,11-15H2,1H3,(H,23,25)/t18-/m0/s1. The van der Waals surface area contributed by atoms with Gasteiger partial charge in [-0.1, -0.05) is 48.5 Å². The van der Waals surface area contributed by atoms with Gasteiger partial charge in [0.2, 0.25) is 5.91 Å². The van der Waals surface area contributed by atoms with E-state index in [1.807, 2.05) is 18.2 Å². The number of aryl methyl sites for hydroxylation is 1. The first kappa shape index (κ1) is 18.2. The summed E-state index contributed by atoms with van der Waals surface area (Å²) in [5.41, 5.74) is 3.64. The number of carbonyl (C=O) groups is 1. The van der Waals surface area contributed by atoms with Gasteiger partial charge < -0.3 is 15.0 Å². The molecule has 2 aromatic carbocycles. The Kier molecular flexibility index (Phi) is 6.45. The van der Waals surface area contributed by atoms with E-state index in [1.165, 1.54) is 16.5 Å². The molecule has 26 heavy (non-hydrogen) atoms. The van der Waals surface area contributed by atoms with E-state index >= 15 is 0 Å². The summed E-state index contributed by atoms with van der Waals surface area (Å²) < 4.78 is 5.01. The molecule has 0 bridgehead atoms. The van der Waals surface area contributed by atoms with Crippen LogP contribution in [-0.2, 0) is 16.0 Å². The molecule has 0 aliphatic carbocycles. The van der Waals surface area contributed by atoms with Crippen LogP contribution in [-0.4, -0.2) is 31.2 Å². The maximum absolute atomic E-state index is 12.4. The highest BCUT2D eigenvalue weighted by Gasteiger charge is 2.19. The topological polar surface area (TPSA) is 54.1 Å². The van der Waals surface area contributed by atoms with Crippen molar-refractivity contribution in [2.45, 2.75) is 25.2 Å². The number of aromatic amines is 1. The monoisotopic (exact) mass is 350 g/mol. The summed E-state index contributed by atoms with van der Waals surface area (Å²) in [4.78, 5) is 15.7. The van der Waals surface area contributed by atoms with Crippen molar-refractivity contribution in [2.24, 2.45) is 0 Å². The zero-order valence-electron chi connectivity index (χ0n) is 15.2. The van der Waals surface area contributed by atoms with Crippen molar-refractivity contribution in [2.75, 3.05) is 20.3 Å². The predicted molar refractivity (Wildman–Crippen MR) is 105 cm³/mol. The molecular weight excluding hydrogens is 324 g/mol. The molecule has 0 fully saturated rings. The van der Waals surface area contributed by atoms with E-state index in [1.54, 1.807) is 7.11 Å². The molecule has 3 aromatic rings. The second-order valence-electron chi connectivity index (χ2n) is 6.56. The second-order valence-corrected chi connectivity index (χ2v) is 6.56. The lowest BCUT2D eigenvalue weighted by molar-refractivity contribution is -0.121. The van der Waals surface area contributed by atoms with Crippen molar-refractivity contribution >= 4 is 16.8 Å². The van der Waals surface area contributed by atoms with Crippen LogP contribution in [0.3, 0.4) is 0 Å². The number of aromatic nitrogens is 1. The highest BCUT2D eigenvalue weighted by molar-refractivity contribution is 5.85. The van der Waals surface area contributed by atoms with Crippen LogP contribution in [0.25, 0.3) is 10.9 Å². The molecule has 136 valence electrons. The van der Waals surface area contributed by atoms with Crippen molar-refractivity contribution < 1.29 is 9.53 Å². The van der Waals surface area contributed by atoms with Crippen LogP contribution >= 0.6 is 0 Å². The summed E-state index contributed by atoms with van der Waals surface area (Å²) in [6.45, 7) is 1.09. The van der Waals surface area contributed by atoms with Crippen LogP contribution in [0.1, 0.15) is 29.9 Å². The number of amides is 1. The minimum atomic E-state index is 0.0744. The quantitative estimate of drug-likeness (QED) is 0.572. The molecule has 1 amide bonds. The van der Waals surface area contributed by atoms with Crippen LogP contribution in [0.4, 0.5) is 0 Å². The number of hydrogen-bond donors (Lipinski definition) is 2. The molecule has 1 atom stereocenters. The van der Waals surface area contributed by atoms with E-state index in [0.717, 1.165) is 18.4 Å². The van der Waals surface area contributed by atoms with Gasteiger partial charge in [0.25, 0.3) is 0 Å². The summed E-state index contributed by atoms with van der Waals surface area (Å²) in [5, 5.41) is 4.15. The Morgan fingerprint density at radius 1 is 1.12 bits per heavy atom. The van der Waals surface area contributed by atoms with Crippen LogP contribution in [0.2, 0.25) is 0 Å². The third-order valence-electron chi connectivity index (χ3n) is 4.75. The third kappa shape index (κ3) is 4.73. The lowest BCUT2D eigenvalue weighted by Crippen LogP contribution is -2.28. The lowest BCUT2D eigenvalue weighted by atomic mass is 9.89. The summed E-state index contributed by atoms with van der Waals surface area (Å²) in [5.74, 6) is 0.249. The average molecular weight is 350 g/mol. The summed E-state index contributed by atoms with van der Waals surface area (Å²) in [7, 11) is 1.64. The minimum absolute atomic E-state index is 0.0744. The van der Waals surface area contributed by atoms with Gasteiger partial charge in [-0.15, -0.1) is 0 Å². The fourth-order valence-corrected chi connectivity index (χ4v) is 3.37. The van der Waals surface area contributed by atoms with Crippen LogP contribution in [0.15, 0.2) is 60.8 Å². The first-order chi connectivity index (χ1) is 12.8. The molecule has 0 unspecified atom stereocenters. The number of hydrogen-bond acceptors (Lipinski definition) is 2. The van der Waals surface area contributed by atoms with E-state index < -0.39 is 0 Å². The Morgan fingerprint density at radius 2 is 1.88 bits per heavy atom. The fourth-order valence-electron chi connectivity index (χ4n) is 3.37. The van der Waals surface area contributed by atoms with E-state index in [9.17, 15) is 4.79 Å². The molecule has 0 radical (unpaired) electrons. The Hall–Kier alpha value is -2.59. The first-order valence-corrected chi connectivity index (χ1v) is 9.13. The zero-order chi connectivity index (χ0) is 18.2. The third-order valence-corrected chi connectivity index (χ3v) is 4.75. The number of ether oxygens (including phenoxy) is 1. The van der Waals surface area contributed by atoms with Crippen molar-refractivity contribution in [3.8, 4) is 0 Å². The van der Waals surface area contributed by atoms with Crippen molar-refractivity contribution in [1.29, 1.82) is 0 Å². The maximum atomic E-state index is 12.4. The van der Waals surface area contributed by atoms with E-state index in [2.05, 4.69) is 52.9 Å². The number of methoxy groups -OCH3 is 1. The maximum Gasteiger partial charge on any atom is 0.220 e. The Balaban J connectivity index is 1.75. The van der Waals surface area contributed by atoms with Gasteiger partial charge in [-0.05, 0) is 36.0 Å². The van der Waals surface area contributed by atoms with Crippen LogP contribution < -0.4 is 5.32 Å². The number of rotatable bonds is 9. The number of nitrogens with one attached hydrogen (secondary N) is 2. The lowest BCUT2D eigenvalue weighted by Gasteiger charge is -2.17. The van der Waals surface area contributed by atoms with Crippen LogP contribution in [0.5, 0.6) is 0 Å². The molecule has 4 heteroatoms. The smallest absolute Gasteiger partial charge is 0.220 e. The fraction of sp³-hybridized carbons (Fsp3) is 0.318. The van der Waals surface area contributed by atoms with E-state index in [-0.39, 0.29) is 11.8 Å². The number of carbonyl (C=O) groups excluding carboxylic acids is 1. The molecule has 3 rings (SSSR count). The highest BCUT2D eigenvalue weighted by Crippen LogP contribution is 2.31. The number of benzene rings is 2. The highest BCUT2D eigenvalue weighted by atomic mass is 16.5. The van der Waals surface area contributed by atoms with Crippen LogP contribution in [0, 0.1) is 0 Å². The van der Waals surface area contributed by atoms with Gasteiger partial charge in [-0.25, -0.2) is 0 Å². The van der Waals surface area contributed by atoms with Crippen molar-refractivity contribution in [1.82, 2.24) is 10.3 Å². The van der Waals surface area contributed by atoms with Crippen molar-refractivity contribution in [3.63, 3.8) is 0 Å². The predicted octanol–water partition coefficient (Wildman–Crippen LogP) is 4.04. The Morgan fingerprint density at radius 3 is 2.69 bits per heavy atom. The summed E-state index contributed by atoms with van der Waals surface area (Å²) >= 11 is 0. The molecule has 2 N–H and O–H groups in total. The number of H-pyrrole nitrogens is 1. The van der Waals surface area contributed by atoms with Gasteiger partial charge >= 0.3 is 0 Å². The minimum Gasteiger partial charge on any atom is -0.383 e. The normalized spacial score (nSPS) is 12.2. The van der Waals surface area contributed by atoms with Gasteiger partial charge in [-0.2, -0.15) is 0 Å². The first-order valence-electron chi connectivity index (χ1n) is 9.13. The molecule has 4 nitrogen and oxygen atoms in total. The second kappa shape index (κ2) is 9.20. The number of para-hydroxylation sites is 1. The zero-order valence-corrected chi connectivity index (χ0v) is 15.2. The Bertz CT molecular complexity index is 826. The van der Waals surface area contributed by atoms with E-state index in [0.29, 0.717) is 19.6 Å². The molecule has 1 heterocycles. The largest absolute Gasteiger partial charge is 0.383 e. The Labute approximate surface area is 154 Å². The molecule has 0 spiro atoms. The molecule has 0 saturated heterocycles. The summed E-state index contributed by atoms with van der Waals surface area (Å²) in [6, 6.07) is 18.7. The molecular formula is C22H26N2O2. The average Bonchev–Trinajstić information content (AvgIpc) is 3.10. The molecule has 0 aliphatic rings. The number of fused-ring (bicyclic) bond motifs is 1. The van der Waals surface area contributed by atoms with Gasteiger partial charge in [0.05, 0.1) is 6.61 Å². The summed E-state index contributed by atoms with van der Waals surface area (Å²) in [6.07, 6.45) is 4.43. The van der Waals surface area contributed by atoms with Crippen molar-refractivity contribution in [3.05, 3.63) is 71.9 Å². The SMILES string of the molecule is COCCNC(=O)C[C@H](CCc1ccccc1)c1c[nH]c2ccccc12.